The second kappa shape index (κ2) is 8.33. The van der Waals surface area contributed by atoms with Crippen LogP contribution < -0.4 is 0 Å². The Morgan fingerprint density at radius 1 is 1.21 bits per heavy atom. The molecule has 0 spiro atoms. The van der Waals surface area contributed by atoms with Crippen molar-refractivity contribution in [1.82, 2.24) is 20.0 Å². The first-order valence-corrected chi connectivity index (χ1v) is 9.80. The van der Waals surface area contributed by atoms with Gasteiger partial charge in [-0.15, -0.1) is 0 Å². The molecular weight excluding hydrogens is 352 g/mol. The van der Waals surface area contributed by atoms with E-state index in [0.29, 0.717) is 18.1 Å². The Balaban J connectivity index is 1.57. The van der Waals surface area contributed by atoms with E-state index in [2.05, 4.69) is 21.2 Å². The van der Waals surface area contributed by atoms with Crippen LogP contribution in [-0.4, -0.2) is 32.5 Å². The fourth-order valence-corrected chi connectivity index (χ4v) is 3.74. The summed E-state index contributed by atoms with van der Waals surface area (Å²) in [5, 5.41) is 4.12. The van der Waals surface area contributed by atoms with E-state index in [1.54, 1.807) is 12.4 Å². The molecule has 0 N–H and O–H groups in total. The molecule has 4 rings (SSSR count). The van der Waals surface area contributed by atoms with Crippen molar-refractivity contribution in [2.75, 3.05) is 6.54 Å². The van der Waals surface area contributed by atoms with Gasteiger partial charge in [-0.1, -0.05) is 47.8 Å². The summed E-state index contributed by atoms with van der Waals surface area (Å²) < 4.78 is 5.58. The number of benzene rings is 1. The smallest absolute Gasteiger partial charge is 0.249 e. The SMILES string of the molecule is Cc1cccc(CC(=O)N2CCCCCC2c2nc(-c3cccnc3)no2)c1. The highest BCUT2D eigenvalue weighted by atomic mass is 16.5. The third-order valence-corrected chi connectivity index (χ3v) is 5.16. The maximum Gasteiger partial charge on any atom is 0.249 e. The van der Waals surface area contributed by atoms with Crippen LogP contribution in [-0.2, 0) is 11.2 Å². The molecule has 2 aromatic heterocycles. The molecular formula is C22H24N4O2. The maximum atomic E-state index is 13.1. The average Bonchev–Trinajstić information content (AvgIpc) is 3.06. The topological polar surface area (TPSA) is 72.1 Å². The zero-order chi connectivity index (χ0) is 19.3. The normalized spacial score (nSPS) is 17.3. The minimum atomic E-state index is -0.169. The van der Waals surface area contributed by atoms with E-state index < -0.39 is 0 Å². The van der Waals surface area contributed by atoms with Crippen LogP contribution in [0.25, 0.3) is 11.4 Å². The quantitative estimate of drug-likeness (QED) is 0.685. The van der Waals surface area contributed by atoms with Gasteiger partial charge in [0.2, 0.25) is 17.6 Å². The fourth-order valence-electron chi connectivity index (χ4n) is 3.74. The van der Waals surface area contributed by atoms with Gasteiger partial charge in [-0.2, -0.15) is 4.98 Å². The molecule has 6 heteroatoms. The van der Waals surface area contributed by atoms with Crippen molar-refractivity contribution in [3.8, 4) is 11.4 Å². The Kier molecular flexibility index (Phi) is 5.46. The molecule has 0 saturated carbocycles. The Bertz CT molecular complexity index is 938. The standard InChI is InChI=1S/C22H24N4O2/c1-16-7-5-8-17(13-16)14-20(27)26-12-4-2-3-10-19(26)22-24-21(25-28-22)18-9-6-11-23-15-18/h5-9,11,13,15,19H,2-4,10,12,14H2,1H3. The van der Waals surface area contributed by atoms with Gasteiger partial charge < -0.3 is 9.42 Å². The fraction of sp³-hybridized carbons (Fsp3) is 0.364. The number of pyridine rings is 1. The van der Waals surface area contributed by atoms with E-state index >= 15 is 0 Å². The van der Waals surface area contributed by atoms with Gasteiger partial charge in [0.05, 0.1) is 6.42 Å². The summed E-state index contributed by atoms with van der Waals surface area (Å²) in [5.74, 6) is 1.13. The van der Waals surface area contributed by atoms with Crippen molar-refractivity contribution in [3.63, 3.8) is 0 Å². The van der Waals surface area contributed by atoms with Gasteiger partial charge in [0.25, 0.3) is 0 Å². The van der Waals surface area contributed by atoms with E-state index in [4.69, 9.17) is 4.52 Å². The van der Waals surface area contributed by atoms with E-state index in [-0.39, 0.29) is 11.9 Å². The molecule has 0 aliphatic carbocycles. The summed E-state index contributed by atoms with van der Waals surface area (Å²) in [7, 11) is 0. The van der Waals surface area contributed by atoms with Crippen LogP contribution in [0.4, 0.5) is 0 Å². The number of rotatable bonds is 4. The molecule has 1 aliphatic heterocycles. The number of carbonyl (C=O) groups is 1. The lowest BCUT2D eigenvalue weighted by atomic mass is 10.1. The molecule has 6 nitrogen and oxygen atoms in total. The van der Waals surface area contributed by atoms with E-state index in [1.165, 1.54) is 0 Å². The van der Waals surface area contributed by atoms with Crippen LogP contribution in [0.3, 0.4) is 0 Å². The molecule has 1 atom stereocenters. The highest BCUT2D eigenvalue weighted by Gasteiger charge is 2.31. The van der Waals surface area contributed by atoms with Crippen molar-refractivity contribution in [1.29, 1.82) is 0 Å². The van der Waals surface area contributed by atoms with E-state index in [0.717, 1.165) is 48.9 Å². The van der Waals surface area contributed by atoms with Crippen LogP contribution in [0, 0.1) is 6.92 Å². The van der Waals surface area contributed by atoms with Gasteiger partial charge >= 0.3 is 0 Å². The van der Waals surface area contributed by atoms with Crippen molar-refractivity contribution >= 4 is 5.91 Å². The molecule has 3 aromatic rings. The molecule has 1 aromatic carbocycles. The summed E-state index contributed by atoms with van der Waals surface area (Å²) in [6, 6.07) is 11.7. The molecule has 1 amide bonds. The Labute approximate surface area is 164 Å². The van der Waals surface area contributed by atoms with Crippen molar-refractivity contribution in [2.45, 2.75) is 45.1 Å². The van der Waals surface area contributed by atoms with Crippen LogP contribution >= 0.6 is 0 Å². The third kappa shape index (κ3) is 4.11. The number of hydrogen-bond donors (Lipinski definition) is 0. The van der Waals surface area contributed by atoms with E-state index in [1.807, 2.05) is 42.2 Å². The van der Waals surface area contributed by atoms with Gasteiger partial charge in [0.1, 0.15) is 6.04 Å². The second-order valence-electron chi connectivity index (χ2n) is 7.32. The van der Waals surface area contributed by atoms with Gasteiger partial charge in [-0.3, -0.25) is 9.78 Å². The van der Waals surface area contributed by atoms with E-state index in [9.17, 15) is 4.79 Å². The number of likely N-dealkylation sites (tertiary alicyclic amines) is 1. The predicted octanol–water partition coefficient (Wildman–Crippen LogP) is 4.13. The van der Waals surface area contributed by atoms with Gasteiger partial charge in [0, 0.05) is 24.5 Å². The Morgan fingerprint density at radius 3 is 2.96 bits per heavy atom. The maximum absolute atomic E-state index is 13.1. The molecule has 1 saturated heterocycles. The van der Waals surface area contributed by atoms with Crippen molar-refractivity contribution < 1.29 is 9.32 Å². The lowest BCUT2D eigenvalue weighted by Gasteiger charge is -2.27. The second-order valence-corrected chi connectivity index (χ2v) is 7.32. The van der Waals surface area contributed by atoms with Crippen LogP contribution in [0.15, 0.2) is 53.3 Å². The minimum Gasteiger partial charge on any atom is -0.337 e. The molecule has 28 heavy (non-hydrogen) atoms. The van der Waals surface area contributed by atoms with Crippen LogP contribution in [0.5, 0.6) is 0 Å². The first kappa shape index (κ1) is 18.3. The highest BCUT2D eigenvalue weighted by molar-refractivity contribution is 5.79. The monoisotopic (exact) mass is 376 g/mol. The van der Waals surface area contributed by atoms with Crippen LogP contribution in [0.1, 0.15) is 48.7 Å². The summed E-state index contributed by atoms with van der Waals surface area (Å²) >= 11 is 0. The summed E-state index contributed by atoms with van der Waals surface area (Å²) in [4.78, 5) is 23.7. The first-order chi connectivity index (χ1) is 13.7. The molecule has 144 valence electrons. The predicted molar refractivity (Wildman–Crippen MR) is 105 cm³/mol. The van der Waals surface area contributed by atoms with Gasteiger partial charge in [-0.25, -0.2) is 0 Å². The van der Waals surface area contributed by atoms with Gasteiger partial charge in [-0.05, 0) is 37.5 Å². The number of hydrogen-bond acceptors (Lipinski definition) is 5. The number of carbonyl (C=O) groups excluding carboxylic acids is 1. The highest BCUT2D eigenvalue weighted by Crippen LogP contribution is 2.31. The molecule has 0 bridgehead atoms. The number of aromatic nitrogens is 3. The number of nitrogens with zero attached hydrogens (tertiary/aromatic N) is 4. The molecule has 3 heterocycles. The summed E-state index contributed by atoms with van der Waals surface area (Å²) in [6.45, 7) is 2.76. The molecule has 0 radical (unpaired) electrons. The largest absolute Gasteiger partial charge is 0.337 e. The average molecular weight is 376 g/mol. The first-order valence-electron chi connectivity index (χ1n) is 9.80. The zero-order valence-electron chi connectivity index (χ0n) is 16.0. The van der Waals surface area contributed by atoms with Crippen molar-refractivity contribution in [2.24, 2.45) is 0 Å². The molecule has 1 unspecified atom stereocenters. The summed E-state index contributed by atoms with van der Waals surface area (Å²) in [6.07, 6.45) is 7.80. The molecule has 1 fully saturated rings. The molecule has 1 aliphatic rings. The number of amides is 1. The lowest BCUT2D eigenvalue weighted by molar-refractivity contribution is -0.133. The zero-order valence-corrected chi connectivity index (χ0v) is 16.0. The minimum absolute atomic E-state index is 0.110. The Hall–Kier alpha value is -3.02. The number of aryl methyl sites for hydroxylation is 1. The third-order valence-electron chi connectivity index (χ3n) is 5.16. The Morgan fingerprint density at radius 2 is 2.14 bits per heavy atom. The summed E-state index contributed by atoms with van der Waals surface area (Å²) in [5.41, 5.74) is 3.01. The van der Waals surface area contributed by atoms with Crippen molar-refractivity contribution in [3.05, 3.63) is 65.8 Å². The lowest BCUT2D eigenvalue weighted by Crippen LogP contribution is -2.36. The van der Waals surface area contributed by atoms with Gasteiger partial charge in [0.15, 0.2) is 0 Å². The van der Waals surface area contributed by atoms with Crippen LogP contribution in [0.2, 0.25) is 0 Å².